The topological polar surface area (TPSA) is 15.3 Å². The Hall–Kier alpha value is -0.0800. The standard InChI is InChI=1S/C19H40N2/c1-16(2)8-12-21(13-9-17(3)4)14-10-18(5)19-7-6-11-20-15-19/h16-20H,6-15H2,1-5H3. The average molecular weight is 297 g/mol. The van der Waals surface area contributed by atoms with Gasteiger partial charge in [-0.25, -0.2) is 0 Å². The van der Waals surface area contributed by atoms with E-state index in [0.29, 0.717) is 0 Å². The summed E-state index contributed by atoms with van der Waals surface area (Å²) in [7, 11) is 0. The van der Waals surface area contributed by atoms with Crippen LogP contribution in [0, 0.1) is 23.7 Å². The van der Waals surface area contributed by atoms with Crippen LogP contribution in [-0.4, -0.2) is 37.6 Å². The summed E-state index contributed by atoms with van der Waals surface area (Å²) < 4.78 is 0. The summed E-state index contributed by atoms with van der Waals surface area (Å²) in [4.78, 5) is 2.73. The summed E-state index contributed by atoms with van der Waals surface area (Å²) in [5.41, 5.74) is 0. The molecule has 0 bridgehead atoms. The Morgan fingerprint density at radius 2 is 1.48 bits per heavy atom. The number of nitrogens with zero attached hydrogens (tertiary/aromatic N) is 1. The lowest BCUT2D eigenvalue weighted by atomic mass is 9.85. The summed E-state index contributed by atoms with van der Waals surface area (Å²) in [5, 5.41) is 3.57. The predicted molar refractivity (Wildman–Crippen MR) is 94.7 cm³/mol. The van der Waals surface area contributed by atoms with Crippen molar-refractivity contribution in [2.45, 2.75) is 66.7 Å². The summed E-state index contributed by atoms with van der Waals surface area (Å²) >= 11 is 0. The number of hydrogen-bond acceptors (Lipinski definition) is 2. The molecule has 1 heterocycles. The van der Waals surface area contributed by atoms with E-state index in [1.165, 1.54) is 64.8 Å². The SMILES string of the molecule is CC(C)CCN(CCC(C)C)CCC(C)C1CCCNC1. The summed E-state index contributed by atoms with van der Waals surface area (Å²) in [6.07, 6.45) is 6.88. The molecule has 0 radical (unpaired) electrons. The van der Waals surface area contributed by atoms with Crippen molar-refractivity contribution in [2.75, 3.05) is 32.7 Å². The molecule has 0 aromatic carbocycles. The van der Waals surface area contributed by atoms with Crippen molar-refractivity contribution in [1.29, 1.82) is 0 Å². The average Bonchev–Trinajstić information content (AvgIpc) is 2.46. The van der Waals surface area contributed by atoms with Crippen molar-refractivity contribution < 1.29 is 0 Å². The third-order valence-corrected chi connectivity index (χ3v) is 5.09. The molecule has 126 valence electrons. The first-order valence-corrected chi connectivity index (χ1v) is 9.42. The molecule has 1 rings (SSSR count). The van der Waals surface area contributed by atoms with Crippen LogP contribution in [0.4, 0.5) is 0 Å². The maximum atomic E-state index is 3.57. The van der Waals surface area contributed by atoms with Crippen molar-refractivity contribution in [3.63, 3.8) is 0 Å². The van der Waals surface area contributed by atoms with Crippen LogP contribution >= 0.6 is 0 Å². The van der Waals surface area contributed by atoms with Gasteiger partial charge >= 0.3 is 0 Å². The molecule has 1 fully saturated rings. The van der Waals surface area contributed by atoms with Crippen LogP contribution in [0.2, 0.25) is 0 Å². The first-order chi connectivity index (χ1) is 9.99. The van der Waals surface area contributed by atoms with E-state index in [0.717, 1.165) is 23.7 Å². The second kappa shape index (κ2) is 10.6. The molecule has 0 saturated carbocycles. The fraction of sp³-hybridized carbons (Fsp3) is 1.00. The van der Waals surface area contributed by atoms with Crippen LogP contribution in [0.15, 0.2) is 0 Å². The molecule has 2 unspecified atom stereocenters. The summed E-state index contributed by atoms with van der Waals surface area (Å²) in [6, 6.07) is 0. The second-order valence-electron chi connectivity index (χ2n) is 8.08. The monoisotopic (exact) mass is 296 g/mol. The van der Waals surface area contributed by atoms with E-state index in [-0.39, 0.29) is 0 Å². The zero-order valence-corrected chi connectivity index (χ0v) is 15.3. The molecule has 0 amide bonds. The highest BCUT2D eigenvalue weighted by atomic mass is 15.1. The molecule has 0 aromatic rings. The first kappa shape index (κ1) is 19.0. The van der Waals surface area contributed by atoms with Crippen molar-refractivity contribution in [3.8, 4) is 0 Å². The highest BCUT2D eigenvalue weighted by Gasteiger charge is 2.20. The molecule has 21 heavy (non-hydrogen) atoms. The Balaban J connectivity index is 2.31. The highest BCUT2D eigenvalue weighted by Crippen LogP contribution is 2.23. The lowest BCUT2D eigenvalue weighted by molar-refractivity contribution is 0.199. The maximum Gasteiger partial charge on any atom is -0.00161 e. The minimum absolute atomic E-state index is 0.825. The van der Waals surface area contributed by atoms with E-state index in [9.17, 15) is 0 Å². The second-order valence-corrected chi connectivity index (χ2v) is 8.08. The molecule has 2 nitrogen and oxygen atoms in total. The third kappa shape index (κ3) is 8.83. The van der Waals surface area contributed by atoms with Crippen molar-refractivity contribution in [3.05, 3.63) is 0 Å². The molecule has 1 N–H and O–H groups in total. The van der Waals surface area contributed by atoms with Gasteiger partial charge < -0.3 is 10.2 Å². The Kier molecular flexibility index (Phi) is 9.59. The van der Waals surface area contributed by atoms with Gasteiger partial charge in [-0.2, -0.15) is 0 Å². The molecule has 2 atom stereocenters. The van der Waals surface area contributed by atoms with E-state index in [1.54, 1.807) is 0 Å². The number of nitrogens with one attached hydrogen (secondary N) is 1. The van der Waals surface area contributed by atoms with Gasteiger partial charge in [-0.3, -0.25) is 0 Å². The lowest BCUT2D eigenvalue weighted by Crippen LogP contribution is -2.35. The fourth-order valence-electron chi connectivity index (χ4n) is 3.20. The first-order valence-electron chi connectivity index (χ1n) is 9.42. The normalized spacial score (nSPS) is 21.4. The van der Waals surface area contributed by atoms with Crippen LogP contribution in [-0.2, 0) is 0 Å². The molecular formula is C19H40N2. The van der Waals surface area contributed by atoms with Gasteiger partial charge in [0, 0.05) is 0 Å². The largest absolute Gasteiger partial charge is 0.316 e. The predicted octanol–water partition coefficient (Wildman–Crippen LogP) is 4.41. The van der Waals surface area contributed by atoms with Gasteiger partial charge in [-0.05, 0) is 88.5 Å². The molecule has 0 spiro atoms. The van der Waals surface area contributed by atoms with Crippen LogP contribution in [0.5, 0.6) is 0 Å². The smallest absolute Gasteiger partial charge is 0.00161 e. The molecule has 2 heteroatoms. The number of piperidine rings is 1. The van der Waals surface area contributed by atoms with Gasteiger partial charge in [0.1, 0.15) is 0 Å². The van der Waals surface area contributed by atoms with Gasteiger partial charge in [0.25, 0.3) is 0 Å². The van der Waals surface area contributed by atoms with Gasteiger partial charge in [0.05, 0.1) is 0 Å². The Bertz CT molecular complexity index is 232. The van der Waals surface area contributed by atoms with Crippen LogP contribution in [0.25, 0.3) is 0 Å². The number of rotatable bonds is 10. The van der Waals surface area contributed by atoms with Gasteiger partial charge in [0.2, 0.25) is 0 Å². The zero-order chi connectivity index (χ0) is 15.7. The van der Waals surface area contributed by atoms with E-state index < -0.39 is 0 Å². The Morgan fingerprint density at radius 1 is 0.905 bits per heavy atom. The van der Waals surface area contributed by atoms with E-state index in [2.05, 4.69) is 44.8 Å². The summed E-state index contributed by atoms with van der Waals surface area (Å²) in [6.45, 7) is 18.2. The maximum absolute atomic E-state index is 3.57. The Morgan fingerprint density at radius 3 is 1.95 bits per heavy atom. The fourth-order valence-corrected chi connectivity index (χ4v) is 3.20. The van der Waals surface area contributed by atoms with Crippen molar-refractivity contribution >= 4 is 0 Å². The van der Waals surface area contributed by atoms with Crippen LogP contribution in [0.3, 0.4) is 0 Å². The zero-order valence-electron chi connectivity index (χ0n) is 15.3. The summed E-state index contributed by atoms with van der Waals surface area (Å²) in [5.74, 6) is 3.44. The highest BCUT2D eigenvalue weighted by molar-refractivity contribution is 4.75. The lowest BCUT2D eigenvalue weighted by Gasteiger charge is -2.31. The number of hydrogen-bond donors (Lipinski definition) is 1. The molecular weight excluding hydrogens is 256 g/mol. The molecule has 1 aliphatic heterocycles. The van der Waals surface area contributed by atoms with E-state index in [1.807, 2.05) is 0 Å². The minimum Gasteiger partial charge on any atom is -0.316 e. The molecule has 0 aliphatic carbocycles. The van der Waals surface area contributed by atoms with Gasteiger partial charge in [-0.1, -0.05) is 34.6 Å². The molecule has 1 aliphatic rings. The van der Waals surface area contributed by atoms with E-state index >= 15 is 0 Å². The van der Waals surface area contributed by atoms with Crippen molar-refractivity contribution in [2.24, 2.45) is 23.7 Å². The van der Waals surface area contributed by atoms with Crippen LogP contribution in [0.1, 0.15) is 66.7 Å². The van der Waals surface area contributed by atoms with Crippen LogP contribution < -0.4 is 5.32 Å². The van der Waals surface area contributed by atoms with Crippen molar-refractivity contribution in [1.82, 2.24) is 10.2 Å². The van der Waals surface area contributed by atoms with Gasteiger partial charge in [-0.15, -0.1) is 0 Å². The van der Waals surface area contributed by atoms with Gasteiger partial charge in [0.15, 0.2) is 0 Å². The third-order valence-electron chi connectivity index (χ3n) is 5.09. The quantitative estimate of drug-likeness (QED) is 0.642. The molecule has 0 aromatic heterocycles. The minimum atomic E-state index is 0.825. The van der Waals surface area contributed by atoms with E-state index in [4.69, 9.17) is 0 Å². The molecule has 1 saturated heterocycles. The Labute approximate surface area is 134 Å².